The van der Waals surface area contributed by atoms with E-state index in [4.69, 9.17) is 4.74 Å². The van der Waals surface area contributed by atoms with E-state index in [9.17, 15) is 4.79 Å². The normalized spacial score (nSPS) is 16.6. The number of carbonyl (C=O) groups is 1. The van der Waals surface area contributed by atoms with Gasteiger partial charge in [-0.05, 0) is 13.8 Å². The molecule has 0 aliphatic carbocycles. The van der Waals surface area contributed by atoms with Gasteiger partial charge in [0, 0.05) is 49.6 Å². The highest BCUT2D eigenvalue weighted by Crippen LogP contribution is 2.26. The Labute approximate surface area is 157 Å². The van der Waals surface area contributed by atoms with E-state index >= 15 is 0 Å². The summed E-state index contributed by atoms with van der Waals surface area (Å²) in [7, 11) is 1.82. The van der Waals surface area contributed by atoms with Crippen LogP contribution < -0.4 is 9.64 Å². The average Bonchev–Trinajstić information content (AvgIpc) is 3.07. The van der Waals surface area contributed by atoms with E-state index in [0.717, 1.165) is 34.9 Å². The van der Waals surface area contributed by atoms with Crippen molar-refractivity contribution in [3.63, 3.8) is 0 Å². The van der Waals surface area contributed by atoms with Crippen molar-refractivity contribution in [1.29, 1.82) is 0 Å². The number of hydrogen-bond donors (Lipinski definition) is 0. The summed E-state index contributed by atoms with van der Waals surface area (Å²) >= 11 is 0. The Hall–Kier alpha value is -3.03. The van der Waals surface area contributed by atoms with Crippen LogP contribution in [0.4, 0.5) is 5.82 Å². The fourth-order valence-electron chi connectivity index (χ4n) is 3.19. The molecule has 1 fully saturated rings. The van der Waals surface area contributed by atoms with Crippen LogP contribution in [0.3, 0.4) is 0 Å². The molecular formula is C19H22N6O2. The lowest BCUT2D eigenvalue weighted by Crippen LogP contribution is -2.48. The number of anilines is 1. The second-order valence-electron chi connectivity index (χ2n) is 7.01. The Balaban J connectivity index is 1.62. The molecule has 0 radical (unpaired) electrons. The van der Waals surface area contributed by atoms with Crippen molar-refractivity contribution in [1.82, 2.24) is 19.9 Å². The van der Waals surface area contributed by atoms with Gasteiger partial charge in [0.1, 0.15) is 12.1 Å². The lowest BCUT2D eigenvalue weighted by atomic mass is 10.1. The number of fused-ring (bicyclic) bond motifs is 1. The number of pyridine rings is 1. The van der Waals surface area contributed by atoms with Crippen molar-refractivity contribution >= 4 is 17.4 Å². The number of aliphatic imine (C=N–C) groups is 1. The number of rotatable bonds is 4. The molecule has 2 aliphatic heterocycles. The number of amides is 1. The molecule has 0 atom stereocenters. The van der Waals surface area contributed by atoms with Crippen molar-refractivity contribution < 1.29 is 9.53 Å². The molecule has 1 amide bonds. The first-order valence-corrected chi connectivity index (χ1v) is 9.03. The molecule has 4 heterocycles. The van der Waals surface area contributed by atoms with Crippen LogP contribution in [0.2, 0.25) is 0 Å². The van der Waals surface area contributed by atoms with Crippen molar-refractivity contribution in [3.8, 4) is 5.88 Å². The molecule has 8 nitrogen and oxygen atoms in total. The third kappa shape index (κ3) is 3.47. The maximum atomic E-state index is 12.0. The van der Waals surface area contributed by atoms with E-state index < -0.39 is 0 Å². The molecule has 0 saturated carbocycles. The third-order valence-corrected chi connectivity index (χ3v) is 4.66. The summed E-state index contributed by atoms with van der Waals surface area (Å²) in [4.78, 5) is 33.5. The molecule has 0 unspecified atom stereocenters. The van der Waals surface area contributed by atoms with E-state index in [1.807, 2.05) is 44.1 Å². The van der Waals surface area contributed by atoms with E-state index in [-0.39, 0.29) is 12.0 Å². The standard InChI is InChI=1S/C19H22N6O2/c1-12(2)27-17-6-14-13(8-20-17)9-21-19(14)15-7-16(23-11-22-15)25-5-4-24(3)18(26)10-25/h6-8,11-12H,4-5,9-10H2,1-3H3. The Morgan fingerprint density at radius 3 is 2.78 bits per heavy atom. The highest BCUT2D eigenvalue weighted by atomic mass is 16.5. The summed E-state index contributed by atoms with van der Waals surface area (Å²) in [6, 6.07) is 3.82. The summed E-state index contributed by atoms with van der Waals surface area (Å²) in [5.41, 5.74) is 3.59. The Morgan fingerprint density at radius 1 is 1.15 bits per heavy atom. The third-order valence-electron chi connectivity index (χ3n) is 4.66. The van der Waals surface area contributed by atoms with Crippen LogP contribution in [0.1, 0.15) is 30.7 Å². The van der Waals surface area contributed by atoms with Crippen LogP contribution >= 0.6 is 0 Å². The fraction of sp³-hybridized carbons (Fsp3) is 0.421. The molecule has 2 aliphatic rings. The van der Waals surface area contributed by atoms with Crippen molar-refractivity contribution in [2.45, 2.75) is 26.5 Å². The Bertz CT molecular complexity index is 911. The molecule has 2 aromatic rings. The Kier molecular flexibility index (Phi) is 4.47. The molecule has 0 spiro atoms. The van der Waals surface area contributed by atoms with Crippen molar-refractivity contribution in [3.05, 3.63) is 41.5 Å². The zero-order chi connectivity index (χ0) is 19.0. The first-order valence-electron chi connectivity index (χ1n) is 9.03. The minimum atomic E-state index is 0.0535. The van der Waals surface area contributed by atoms with Gasteiger partial charge in [0.15, 0.2) is 0 Å². The number of hydrogen-bond acceptors (Lipinski definition) is 7. The zero-order valence-corrected chi connectivity index (χ0v) is 15.7. The minimum absolute atomic E-state index is 0.0535. The molecule has 0 aromatic carbocycles. The predicted molar refractivity (Wildman–Crippen MR) is 101 cm³/mol. The molecule has 27 heavy (non-hydrogen) atoms. The van der Waals surface area contributed by atoms with Crippen molar-refractivity contribution in [2.75, 3.05) is 31.6 Å². The molecule has 0 N–H and O–H groups in total. The average molecular weight is 366 g/mol. The number of piperazine rings is 1. The van der Waals surface area contributed by atoms with Crippen LogP contribution in [0.5, 0.6) is 5.88 Å². The van der Waals surface area contributed by atoms with E-state index in [1.54, 1.807) is 4.90 Å². The van der Waals surface area contributed by atoms with Crippen LogP contribution in [-0.2, 0) is 11.3 Å². The molecule has 4 rings (SSSR count). The number of likely N-dealkylation sites (N-methyl/N-ethyl adjacent to an activating group) is 1. The highest BCUT2D eigenvalue weighted by molar-refractivity contribution is 6.14. The van der Waals surface area contributed by atoms with Gasteiger partial charge in [0.2, 0.25) is 11.8 Å². The van der Waals surface area contributed by atoms with Crippen LogP contribution in [0, 0.1) is 0 Å². The monoisotopic (exact) mass is 366 g/mol. The van der Waals surface area contributed by atoms with Crippen LogP contribution in [0.15, 0.2) is 29.6 Å². The summed E-state index contributed by atoms with van der Waals surface area (Å²) in [6.07, 6.45) is 3.39. The highest BCUT2D eigenvalue weighted by Gasteiger charge is 2.24. The molecular weight excluding hydrogens is 344 g/mol. The van der Waals surface area contributed by atoms with Gasteiger partial charge >= 0.3 is 0 Å². The summed E-state index contributed by atoms with van der Waals surface area (Å²) in [5, 5.41) is 0. The van der Waals surface area contributed by atoms with Gasteiger partial charge in [0.05, 0.1) is 30.6 Å². The second kappa shape index (κ2) is 6.94. The number of aromatic nitrogens is 3. The van der Waals surface area contributed by atoms with Gasteiger partial charge in [-0.25, -0.2) is 15.0 Å². The molecule has 2 aromatic heterocycles. The lowest BCUT2D eigenvalue weighted by molar-refractivity contribution is -0.129. The summed E-state index contributed by atoms with van der Waals surface area (Å²) in [6.45, 7) is 6.27. The number of carbonyl (C=O) groups excluding carboxylic acids is 1. The van der Waals surface area contributed by atoms with E-state index in [2.05, 4.69) is 19.9 Å². The number of nitrogens with zero attached hydrogens (tertiary/aromatic N) is 6. The van der Waals surface area contributed by atoms with Crippen LogP contribution in [-0.4, -0.2) is 64.3 Å². The van der Waals surface area contributed by atoms with Gasteiger partial charge in [-0.3, -0.25) is 9.79 Å². The largest absolute Gasteiger partial charge is 0.475 e. The molecule has 140 valence electrons. The maximum absolute atomic E-state index is 12.0. The summed E-state index contributed by atoms with van der Waals surface area (Å²) < 4.78 is 5.72. The number of ether oxygens (including phenoxy) is 1. The summed E-state index contributed by atoms with van der Waals surface area (Å²) in [5.74, 6) is 1.41. The minimum Gasteiger partial charge on any atom is -0.475 e. The van der Waals surface area contributed by atoms with Gasteiger partial charge in [-0.2, -0.15) is 0 Å². The van der Waals surface area contributed by atoms with Gasteiger partial charge in [0.25, 0.3) is 0 Å². The first kappa shape index (κ1) is 17.4. The first-order chi connectivity index (χ1) is 13.0. The molecule has 8 heteroatoms. The van der Waals surface area contributed by atoms with Gasteiger partial charge < -0.3 is 14.5 Å². The topological polar surface area (TPSA) is 83.8 Å². The fourth-order valence-corrected chi connectivity index (χ4v) is 3.19. The quantitative estimate of drug-likeness (QED) is 0.811. The van der Waals surface area contributed by atoms with Gasteiger partial charge in [-0.1, -0.05) is 0 Å². The Morgan fingerprint density at radius 2 is 2.00 bits per heavy atom. The van der Waals surface area contributed by atoms with Gasteiger partial charge in [-0.15, -0.1) is 0 Å². The predicted octanol–water partition coefficient (Wildman–Crippen LogP) is 1.29. The van der Waals surface area contributed by atoms with E-state index in [1.165, 1.54) is 6.33 Å². The maximum Gasteiger partial charge on any atom is 0.241 e. The smallest absolute Gasteiger partial charge is 0.241 e. The lowest BCUT2D eigenvalue weighted by Gasteiger charge is -2.32. The SMILES string of the molecule is CC(C)Oc1cc2c(cn1)CN=C2c1cc(N2CCN(C)C(=O)C2)ncn1. The zero-order valence-electron chi connectivity index (χ0n) is 15.7. The molecule has 1 saturated heterocycles. The van der Waals surface area contributed by atoms with Crippen LogP contribution in [0.25, 0.3) is 0 Å². The molecule has 0 bridgehead atoms. The van der Waals surface area contributed by atoms with Crippen molar-refractivity contribution in [2.24, 2.45) is 4.99 Å². The second-order valence-corrected chi connectivity index (χ2v) is 7.01. The van der Waals surface area contributed by atoms with E-state index in [0.29, 0.717) is 25.5 Å².